The number of rotatable bonds is 4. The fraction of sp³-hybridized carbons (Fsp3) is 0.538. The summed E-state index contributed by atoms with van der Waals surface area (Å²) in [4.78, 5) is 0. The van der Waals surface area contributed by atoms with E-state index in [0.29, 0.717) is 5.92 Å². The Labute approximate surface area is 92.3 Å². The van der Waals surface area contributed by atoms with E-state index in [4.69, 9.17) is 11.6 Å². The Morgan fingerprint density at radius 3 is 2.57 bits per heavy atom. The minimum absolute atomic E-state index is 0.201. The van der Waals surface area contributed by atoms with E-state index in [2.05, 4.69) is 45.0 Å². The van der Waals surface area contributed by atoms with Gasteiger partial charge in [-0.3, -0.25) is 0 Å². The Hall–Kier alpha value is -0.490. The van der Waals surface area contributed by atoms with Crippen LogP contribution in [-0.4, -0.2) is 5.38 Å². The number of halogens is 1. The Bertz CT molecular complexity index is 278. The van der Waals surface area contributed by atoms with Crippen molar-refractivity contribution in [1.29, 1.82) is 0 Å². The molecule has 0 saturated carbocycles. The molecule has 78 valence electrons. The first-order valence-corrected chi connectivity index (χ1v) is 5.81. The van der Waals surface area contributed by atoms with Gasteiger partial charge in [0.15, 0.2) is 0 Å². The van der Waals surface area contributed by atoms with Gasteiger partial charge in [0.1, 0.15) is 0 Å². The van der Waals surface area contributed by atoms with Gasteiger partial charge in [0.05, 0.1) is 0 Å². The maximum Gasteiger partial charge on any atom is 0.0373 e. The van der Waals surface area contributed by atoms with E-state index in [0.717, 1.165) is 6.42 Å². The van der Waals surface area contributed by atoms with E-state index in [1.165, 1.54) is 17.5 Å². The number of hydrogen-bond donors (Lipinski definition) is 0. The third kappa shape index (κ3) is 3.02. The Morgan fingerprint density at radius 2 is 2.00 bits per heavy atom. The van der Waals surface area contributed by atoms with Crippen molar-refractivity contribution in [1.82, 2.24) is 0 Å². The first-order chi connectivity index (χ1) is 6.65. The van der Waals surface area contributed by atoms with Crippen LogP contribution in [0.1, 0.15) is 44.2 Å². The molecule has 2 atom stereocenters. The highest BCUT2D eigenvalue weighted by molar-refractivity contribution is 6.20. The summed E-state index contributed by atoms with van der Waals surface area (Å²) in [5.74, 6) is 0.438. The van der Waals surface area contributed by atoms with Crippen LogP contribution in [0.4, 0.5) is 0 Å². The molecule has 1 aromatic carbocycles. The highest BCUT2D eigenvalue weighted by Gasteiger charge is 2.11. The maximum atomic E-state index is 6.09. The second-order valence-electron chi connectivity index (χ2n) is 3.96. The topological polar surface area (TPSA) is 0 Å². The van der Waals surface area contributed by atoms with Gasteiger partial charge in [0.25, 0.3) is 0 Å². The molecule has 1 aromatic rings. The standard InChI is InChI=1S/C13H19Cl/c1-4-6-12-7-5-8-13(9-12)10(2)11(3)14/h5,7-11H,4,6H2,1-3H3. The second-order valence-corrected chi connectivity index (χ2v) is 4.65. The minimum atomic E-state index is 0.201. The van der Waals surface area contributed by atoms with Crippen LogP contribution in [0, 0.1) is 0 Å². The molecular formula is C13H19Cl. The van der Waals surface area contributed by atoms with Gasteiger partial charge in [-0.2, -0.15) is 0 Å². The lowest BCUT2D eigenvalue weighted by atomic mass is 9.95. The summed E-state index contributed by atoms with van der Waals surface area (Å²) < 4.78 is 0. The van der Waals surface area contributed by atoms with Crippen LogP contribution in [0.2, 0.25) is 0 Å². The van der Waals surface area contributed by atoms with Gasteiger partial charge in [-0.15, -0.1) is 11.6 Å². The summed E-state index contributed by atoms with van der Waals surface area (Å²) >= 11 is 6.09. The zero-order valence-electron chi connectivity index (χ0n) is 9.26. The molecule has 0 aliphatic heterocycles. The van der Waals surface area contributed by atoms with Crippen LogP contribution in [0.25, 0.3) is 0 Å². The van der Waals surface area contributed by atoms with E-state index in [1.807, 2.05) is 0 Å². The molecule has 0 heterocycles. The summed E-state index contributed by atoms with van der Waals surface area (Å²) in [6.07, 6.45) is 2.37. The normalized spacial score (nSPS) is 15.1. The maximum absolute atomic E-state index is 6.09. The van der Waals surface area contributed by atoms with Crippen molar-refractivity contribution in [2.75, 3.05) is 0 Å². The van der Waals surface area contributed by atoms with Crippen molar-refractivity contribution in [2.45, 2.75) is 44.9 Å². The Balaban J connectivity index is 2.82. The average Bonchev–Trinajstić information content (AvgIpc) is 2.17. The number of aryl methyl sites for hydroxylation is 1. The molecule has 0 aliphatic rings. The van der Waals surface area contributed by atoms with Crippen LogP contribution < -0.4 is 0 Å². The fourth-order valence-corrected chi connectivity index (χ4v) is 1.73. The lowest BCUT2D eigenvalue weighted by Crippen LogP contribution is -2.05. The van der Waals surface area contributed by atoms with Crippen LogP contribution in [0.15, 0.2) is 24.3 Å². The van der Waals surface area contributed by atoms with Gasteiger partial charge < -0.3 is 0 Å². The lowest BCUT2D eigenvalue weighted by molar-refractivity contribution is 0.740. The Morgan fingerprint density at radius 1 is 1.29 bits per heavy atom. The van der Waals surface area contributed by atoms with E-state index in [9.17, 15) is 0 Å². The average molecular weight is 211 g/mol. The summed E-state index contributed by atoms with van der Waals surface area (Å²) in [6.45, 7) is 6.45. The Kier molecular flexibility index (Phi) is 4.47. The summed E-state index contributed by atoms with van der Waals surface area (Å²) in [5.41, 5.74) is 2.78. The van der Waals surface area contributed by atoms with Gasteiger partial charge in [-0.1, -0.05) is 44.5 Å². The van der Waals surface area contributed by atoms with Crippen LogP contribution in [-0.2, 0) is 6.42 Å². The first kappa shape index (κ1) is 11.6. The van der Waals surface area contributed by atoms with Crippen LogP contribution in [0.3, 0.4) is 0 Å². The molecule has 0 N–H and O–H groups in total. The number of benzene rings is 1. The van der Waals surface area contributed by atoms with Gasteiger partial charge in [0, 0.05) is 5.38 Å². The molecule has 14 heavy (non-hydrogen) atoms. The predicted octanol–water partition coefficient (Wildman–Crippen LogP) is 4.37. The van der Waals surface area contributed by atoms with E-state index < -0.39 is 0 Å². The van der Waals surface area contributed by atoms with Crippen molar-refractivity contribution in [3.05, 3.63) is 35.4 Å². The van der Waals surface area contributed by atoms with E-state index >= 15 is 0 Å². The van der Waals surface area contributed by atoms with Crippen molar-refractivity contribution < 1.29 is 0 Å². The number of hydrogen-bond acceptors (Lipinski definition) is 0. The molecule has 0 nitrogen and oxygen atoms in total. The highest BCUT2D eigenvalue weighted by atomic mass is 35.5. The van der Waals surface area contributed by atoms with Crippen molar-refractivity contribution >= 4 is 11.6 Å². The molecule has 0 spiro atoms. The van der Waals surface area contributed by atoms with Crippen molar-refractivity contribution in [3.8, 4) is 0 Å². The largest absolute Gasteiger partial charge is 0.123 e. The molecule has 0 bridgehead atoms. The van der Waals surface area contributed by atoms with Crippen molar-refractivity contribution in [2.24, 2.45) is 0 Å². The summed E-state index contributed by atoms with van der Waals surface area (Å²) in [6, 6.07) is 8.78. The van der Waals surface area contributed by atoms with Crippen LogP contribution >= 0.6 is 11.6 Å². The third-order valence-corrected chi connectivity index (χ3v) is 3.08. The second kappa shape index (κ2) is 5.41. The highest BCUT2D eigenvalue weighted by Crippen LogP contribution is 2.23. The smallest absolute Gasteiger partial charge is 0.0373 e. The minimum Gasteiger partial charge on any atom is -0.123 e. The van der Waals surface area contributed by atoms with Gasteiger partial charge >= 0.3 is 0 Å². The van der Waals surface area contributed by atoms with E-state index in [1.54, 1.807) is 0 Å². The third-order valence-electron chi connectivity index (χ3n) is 2.70. The van der Waals surface area contributed by atoms with Gasteiger partial charge in [0.2, 0.25) is 0 Å². The lowest BCUT2D eigenvalue weighted by Gasteiger charge is -2.15. The predicted molar refractivity (Wildman–Crippen MR) is 64.2 cm³/mol. The molecular weight excluding hydrogens is 192 g/mol. The number of alkyl halides is 1. The first-order valence-electron chi connectivity index (χ1n) is 5.38. The molecule has 0 amide bonds. The molecule has 0 aromatic heterocycles. The molecule has 0 saturated heterocycles. The fourth-order valence-electron chi connectivity index (χ4n) is 1.59. The molecule has 1 rings (SSSR count). The zero-order chi connectivity index (χ0) is 10.6. The van der Waals surface area contributed by atoms with Crippen LogP contribution in [0.5, 0.6) is 0 Å². The van der Waals surface area contributed by atoms with E-state index in [-0.39, 0.29) is 5.38 Å². The quantitative estimate of drug-likeness (QED) is 0.648. The molecule has 0 radical (unpaired) electrons. The van der Waals surface area contributed by atoms with Gasteiger partial charge in [-0.25, -0.2) is 0 Å². The zero-order valence-corrected chi connectivity index (χ0v) is 10.0. The molecule has 1 heteroatoms. The summed E-state index contributed by atoms with van der Waals surface area (Å²) in [5, 5.41) is 0.201. The molecule has 0 aliphatic carbocycles. The monoisotopic (exact) mass is 210 g/mol. The SMILES string of the molecule is CCCc1cccc(C(C)C(C)Cl)c1. The molecule has 0 fully saturated rings. The van der Waals surface area contributed by atoms with Gasteiger partial charge in [-0.05, 0) is 30.4 Å². The molecule has 2 unspecified atom stereocenters. The van der Waals surface area contributed by atoms with Crippen molar-refractivity contribution in [3.63, 3.8) is 0 Å². The summed E-state index contributed by atoms with van der Waals surface area (Å²) in [7, 11) is 0.